The van der Waals surface area contributed by atoms with Crippen LogP contribution in [0.25, 0.3) is 0 Å². The molecule has 0 spiro atoms. The maximum absolute atomic E-state index is 11.9. The molecule has 2 rings (SSSR count). The molecule has 0 aliphatic heterocycles. The highest BCUT2D eigenvalue weighted by Crippen LogP contribution is 2.34. The predicted octanol–water partition coefficient (Wildman–Crippen LogP) is 2.64. The number of hydrogen-bond donors (Lipinski definition) is 1. The zero-order valence-electron chi connectivity index (χ0n) is 10.5. The van der Waals surface area contributed by atoms with E-state index >= 15 is 0 Å². The summed E-state index contributed by atoms with van der Waals surface area (Å²) >= 11 is 1.58. The molecular formula is C12H17F3N2OS. The fraction of sp³-hybridized carbons (Fsp3) is 0.750. The Hall–Kier alpha value is -0.660. The maximum Gasteiger partial charge on any atom is 0.411 e. The number of aryl methyl sites for hydroxylation is 1. The van der Waals surface area contributed by atoms with Crippen molar-refractivity contribution in [2.75, 3.05) is 19.8 Å². The Morgan fingerprint density at radius 3 is 2.89 bits per heavy atom. The summed E-state index contributed by atoms with van der Waals surface area (Å²) in [5.74, 6) is 0.310. The molecule has 0 saturated carbocycles. The smallest absolute Gasteiger partial charge is 0.372 e. The molecule has 0 bridgehead atoms. The molecule has 2 N–H and O–H groups in total. The van der Waals surface area contributed by atoms with E-state index in [1.807, 2.05) is 0 Å². The number of alkyl halides is 3. The molecule has 1 atom stereocenters. The minimum Gasteiger partial charge on any atom is -0.372 e. The van der Waals surface area contributed by atoms with E-state index in [2.05, 4.69) is 9.72 Å². The first kappa shape index (κ1) is 14.7. The van der Waals surface area contributed by atoms with Crippen molar-refractivity contribution in [3.63, 3.8) is 0 Å². The molecule has 0 saturated heterocycles. The quantitative estimate of drug-likeness (QED) is 0.849. The summed E-state index contributed by atoms with van der Waals surface area (Å²) in [5, 5.41) is 0.854. The third-order valence-electron chi connectivity index (χ3n) is 3.13. The van der Waals surface area contributed by atoms with Gasteiger partial charge in [-0.3, -0.25) is 0 Å². The van der Waals surface area contributed by atoms with Gasteiger partial charge >= 0.3 is 6.18 Å². The maximum atomic E-state index is 11.9. The summed E-state index contributed by atoms with van der Waals surface area (Å²) < 4.78 is 40.3. The molecule has 7 heteroatoms. The molecule has 1 aliphatic rings. The molecule has 0 aromatic carbocycles. The van der Waals surface area contributed by atoms with Crippen LogP contribution in [0.4, 0.5) is 13.2 Å². The number of fused-ring (bicyclic) bond motifs is 1. The monoisotopic (exact) mass is 294 g/mol. The Balaban J connectivity index is 1.87. The van der Waals surface area contributed by atoms with Gasteiger partial charge in [-0.15, -0.1) is 11.3 Å². The average molecular weight is 294 g/mol. The second kappa shape index (κ2) is 6.19. The van der Waals surface area contributed by atoms with Crippen LogP contribution in [0.1, 0.15) is 34.3 Å². The van der Waals surface area contributed by atoms with Crippen molar-refractivity contribution in [3.8, 4) is 0 Å². The van der Waals surface area contributed by atoms with E-state index in [1.165, 1.54) is 4.88 Å². The first-order chi connectivity index (χ1) is 8.99. The lowest BCUT2D eigenvalue weighted by Crippen LogP contribution is -2.18. The normalized spacial score (nSPS) is 19.5. The molecular weight excluding hydrogens is 277 g/mol. The molecule has 0 fully saturated rings. The summed E-state index contributed by atoms with van der Waals surface area (Å²) in [7, 11) is 0. The van der Waals surface area contributed by atoms with Gasteiger partial charge in [-0.05, 0) is 19.3 Å². The van der Waals surface area contributed by atoms with Gasteiger partial charge in [-0.25, -0.2) is 4.98 Å². The largest absolute Gasteiger partial charge is 0.411 e. The molecule has 1 aliphatic carbocycles. The van der Waals surface area contributed by atoms with Gasteiger partial charge in [0.1, 0.15) is 6.61 Å². The van der Waals surface area contributed by atoms with Gasteiger partial charge in [0.2, 0.25) is 0 Å². The molecule has 1 unspecified atom stereocenters. The van der Waals surface area contributed by atoms with Crippen molar-refractivity contribution in [2.45, 2.75) is 37.8 Å². The second-order valence-electron chi connectivity index (χ2n) is 4.66. The van der Waals surface area contributed by atoms with Crippen LogP contribution < -0.4 is 5.73 Å². The SMILES string of the molecule is NCC1CCCc2sc(CCOCC(F)(F)F)nc21. The lowest BCUT2D eigenvalue weighted by atomic mass is 9.91. The molecule has 1 aromatic heterocycles. The van der Waals surface area contributed by atoms with Crippen molar-refractivity contribution in [3.05, 3.63) is 15.6 Å². The van der Waals surface area contributed by atoms with Crippen LogP contribution in [-0.4, -0.2) is 30.9 Å². The van der Waals surface area contributed by atoms with Crippen molar-refractivity contribution < 1.29 is 17.9 Å². The third-order valence-corrected chi connectivity index (χ3v) is 4.32. The van der Waals surface area contributed by atoms with Crippen LogP contribution in [0.5, 0.6) is 0 Å². The Morgan fingerprint density at radius 1 is 1.42 bits per heavy atom. The summed E-state index contributed by atoms with van der Waals surface area (Å²) in [4.78, 5) is 5.76. The Kier molecular flexibility index (Phi) is 4.81. The lowest BCUT2D eigenvalue weighted by Gasteiger charge is -2.18. The van der Waals surface area contributed by atoms with Gasteiger partial charge in [0, 0.05) is 23.8 Å². The van der Waals surface area contributed by atoms with Gasteiger partial charge < -0.3 is 10.5 Å². The fourth-order valence-corrected chi connectivity index (χ4v) is 3.42. The van der Waals surface area contributed by atoms with Gasteiger partial charge in [0.25, 0.3) is 0 Å². The minimum absolute atomic E-state index is 0.0548. The van der Waals surface area contributed by atoms with E-state index in [4.69, 9.17) is 5.73 Å². The number of thiazole rings is 1. The van der Waals surface area contributed by atoms with Crippen LogP contribution in [0.15, 0.2) is 0 Å². The molecule has 3 nitrogen and oxygen atoms in total. The van der Waals surface area contributed by atoms with E-state index in [9.17, 15) is 13.2 Å². The van der Waals surface area contributed by atoms with E-state index in [1.54, 1.807) is 11.3 Å². The highest BCUT2D eigenvalue weighted by Gasteiger charge is 2.27. The van der Waals surface area contributed by atoms with Gasteiger partial charge in [0.05, 0.1) is 17.3 Å². The summed E-state index contributed by atoms with van der Waals surface area (Å²) in [6.45, 7) is -0.552. The van der Waals surface area contributed by atoms with Crippen molar-refractivity contribution in [1.82, 2.24) is 4.98 Å². The van der Waals surface area contributed by atoms with Crippen LogP contribution >= 0.6 is 11.3 Å². The molecule has 0 amide bonds. The van der Waals surface area contributed by atoms with Crippen LogP contribution in [-0.2, 0) is 17.6 Å². The number of halogens is 3. The van der Waals surface area contributed by atoms with Crippen LogP contribution in [0.2, 0.25) is 0 Å². The number of rotatable bonds is 5. The van der Waals surface area contributed by atoms with Crippen LogP contribution in [0, 0.1) is 0 Å². The molecule has 1 aromatic rings. The first-order valence-corrected chi connectivity index (χ1v) is 7.14. The molecule has 1 heterocycles. The predicted molar refractivity (Wildman–Crippen MR) is 67.4 cm³/mol. The standard InChI is InChI=1S/C12H17F3N2OS/c13-12(14,15)7-18-5-4-10-17-11-8(6-16)2-1-3-9(11)19-10/h8H,1-7,16H2. The van der Waals surface area contributed by atoms with Gasteiger partial charge in [-0.1, -0.05) is 0 Å². The van der Waals surface area contributed by atoms with E-state index < -0.39 is 12.8 Å². The molecule has 108 valence electrons. The Bertz CT molecular complexity index is 420. The summed E-state index contributed by atoms with van der Waals surface area (Å²) in [5.41, 5.74) is 6.77. The third kappa shape index (κ3) is 4.15. The van der Waals surface area contributed by atoms with E-state index in [-0.39, 0.29) is 6.61 Å². The van der Waals surface area contributed by atoms with Gasteiger partial charge in [-0.2, -0.15) is 13.2 Å². The zero-order valence-corrected chi connectivity index (χ0v) is 11.3. The number of nitrogens with zero attached hydrogens (tertiary/aromatic N) is 1. The van der Waals surface area contributed by atoms with Crippen LogP contribution in [0.3, 0.4) is 0 Å². The zero-order chi connectivity index (χ0) is 13.9. The topological polar surface area (TPSA) is 48.1 Å². The first-order valence-electron chi connectivity index (χ1n) is 6.32. The number of aromatic nitrogens is 1. The number of ether oxygens (including phenoxy) is 1. The molecule has 0 radical (unpaired) electrons. The fourth-order valence-electron chi connectivity index (χ4n) is 2.24. The van der Waals surface area contributed by atoms with Crippen molar-refractivity contribution in [2.24, 2.45) is 5.73 Å². The highest BCUT2D eigenvalue weighted by atomic mass is 32.1. The Morgan fingerprint density at radius 2 is 2.21 bits per heavy atom. The van der Waals surface area contributed by atoms with Gasteiger partial charge in [0.15, 0.2) is 0 Å². The summed E-state index contributed by atoms with van der Waals surface area (Å²) in [6.07, 6.45) is -0.650. The second-order valence-corrected chi connectivity index (χ2v) is 5.83. The minimum atomic E-state index is -4.26. The Labute approximate surface area is 114 Å². The highest BCUT2D eigenvalue weighted by molar-refractivity contribution is 7.11. The lowest BCUT2D eigenvalue weighted by molar-refractivity contribution is -0.173. The number of nitrogens with two attached hydrogens (primary N) is 1. The van der Waals surface area contributed by atoms with Crippen molar-refractivity contribution in [1.29, 1.82) is 0 Å². The van der Waals surface area contributed by atoms with Crippen molar-refractivity contribution >= 4 is 11.3 Å². The summed E-state index contributed by atoms with van der Waals surface area (Å²) in [6, 6.07) is 0. The molecule has 19 heavy (non-hydrogen) atoms. The average Bonchev–Trinajstić information content (AvgIpc) is 2.76. The van der Waals surface area contributed by atoms with E-state index in [0.717, 1.165) is 30.0 Å². The van der Waals surface area contributed by atoms with E-state index in [0.29, 0.717) is 18.9 Å². The number of hydrogen-bond acceptors (Lipinski definition) is 4.